The van der Waals surface area contributed by atoms with Gasteiger partial charge in [0, 0.05) is 36.3 Å². The van der Waals surface area contributed by atoms with Crippen LogP contribution < -0.4 is 0 Å². The van der Waals surface area contributed by atoms with Crippen LogP contribution in [0.3, 0.4) is 0 Å². The van der Waals surface area contributed by atoms with Crippen molar-refractivity contribution in [2.24, 2.45) is 22.9 Å². The molecule has 4 heterocycles. The van der Waals surface area contributed by atoms with Crippen LogP contribution in [-0.2, 0) is 28.5 Å². The Morgan fingerprint density at radius 1 is 1.19 bits per heavy atom. The summed E-state index contributed by atoms with van der Waals surface area (Å²) in [7, 11) is 5.52. The molecule has 0 unspecified atom stereocenters. The summed E-state index contributed by atoms with van der Waals surface area (Å²) in [5.74, 6) is -1.05. The minimum atomic E-state index is -1.06. The van der Waals surface area contributed by atoms with Crippen molar-refractivity contribution >= 4 is 17.8 Å². The molecule has 2 bridgehead atoms. The smallest absolute Gasteiger partial charge is 0.431 e. The lowest BCUT2D eigenvalue weighted by Crippen LogP contribution is -2.58. The van der Waals surface area contributed by atoms with E-state index in [1.165, 1.54) is 5.01 Å². The van der Waals surface area contributed by atoms with Crippen molar-refractivity contribution in [3.05, 3.63) is 11.6 Å². The van der Waals surface area contributed by atoms with Gasteiger partial charge in [0.05, 0.1) is 17.8 Å². The lowest BCUT2D eigenvalue weighted by atomic mass is 9.75. The van der Waals surface area contributed by atoms with Crippen LogP contribution in [0.15, 0.2) is 16.8 Å². The van der Waals surface area contributed by atoms with Crippen molar-refractivity contribution in [1.82, 2.24) is 9.91 Å². The Bertz CT molecular complexity index is 1100. The highest BCUT2D eigenvalue weighted by atomic mass is 16.7. The topological polar surface area (TPSA) is 119 Å². The highest BCUT2D eigenvalue weighted by molar-refractivity contribution is 5.94. The molecule has 12 atom stereocenters. The summed E-state index contributed by atoms with van der Waals surface area (Å²) in [6.45, 7) is 15.5. The van der Waals surface area contributed by atoms with Crippen LogP contribution >= 0.6 is 0 Å². The summed E-state index contributed by atoms with van der Waals surface area (Å²) in [5.41, 5.74) is -0.681. The van der Waals surface area contributed by atoms with Gasteiger partial charge in [0.15, 0.2) is 11.9 Å². The Hall–Kier alpha value is -2.05. The second kappa shape index (κ2) is 12.1. The Morgan fingerprint density at radius 3 is 2.45 bits per heavy atom. The second-order valence-electron chi connectivity index (χ2n) is 13.4. The Kier molecular flexibility index (Phi) is 9.50. The first-order chi connectivity index (χ1) is 19.6. The number of fused-ring (bicyclic) bond motifs is 1. The third-order valence-electron chi connectivity index (χ3n) is 9.92. The largest absolute Gasteiger partial charge is 0.455 e. The van der Waals surface area contributed by atoms with Gasteiger partial charge in [0.2, 0.25) is 0 Å². The number of aliphatic hydroxyl groups is 1. The minimum absolute atomic E-state index is 0.0906. The molecule has 0 aromatic rings. The summed E-state index contributed by atoms with van der Waals surface area (Å²) >= 11 is 0. The number of likely N-dealkylation sites (N-methyl/N-ethyl adjacent to an activating group) is 1. The molecule has 1 amide bonds. The summed E-state index contributed by atoms with van der Waals surface area (Å²) in [6.07, 6.45) is -0.233. The molecule has 11 nitrogen and oxygen atoms in total. The van der Waals surface area contributed by atoms with Crippen LogP contribution in [0.2, 0.25) is 0 Å². The summed E-state index contributed by atoms with van der Waals surface area (Å²) in [4.78, 5) is 28.5. The molecule has 42 heavy (non-hydrogen) atoms. The number of aliphatic hydroxyl groups excluding tert-OH is 1. The van der Waals surface area contributed by atoms with Gasteiger partial charge in [0.25, 0.3) is 0 Å². The Morgan fingerprint density at radius 2 is 1.86 bits per heavy atom. The van der Waals surface area contributed by atoms with Gasteiger partial charge in [-0.3, -0.25) is 0 Å². The van der Waals surface area contributed by atoms with E-state index >= 15 is 0 Å². The predicted molar refractivity (Wildman–Crippen MR) is 157 cm³/mol. The molecule has 4 rings (SSSR count). The normalized spacial score (nSPS) is 46.1. The van der Waals surface area contributed by atoms with Crippen molar-refractivity contribution in [1.29, 1.82) is 0 Å². The van der Waals surface area contributed by atoms with E-state index in [-0.39, 0.29) is 29.9 Å². The van der Waals surface area contributed by atoms with Crippen molar-refractivity contribution in [3.8, 4) is 0 Å². The maximum absolute atomic E-state index is 13.5. The van der Waals surface area contributed by atoms with Gasteiger partial charge < -0.3 is 33.7 Å². The van der Waals surface area contributed by atoms with Gasteiger partial charge >= 0.3 is 12.1 Å². The average Bonchev–Trinajstić information content (AvgIpc) is 3.40. The molecule has 0 aromatic carbocycles. The van der Waals surface area contributed by atoms with Crippen LogP contribution in [0.4, 0.5) is 4.79 Å². The molecule has 4 aliphatic rings. The number of carbonyl (C=O) groups is 2. The zero-order chi connectivity index (χ0) is 31.3. The molecule has 11 heteroatoms. The van der Waals surface area contributed by atoms with E-state index in [0.29, 0.717) is 24.8 Å². The molecule has 0 radical (unpaired) electrons. The predicted octanol–water partition coefficient (Wildman–Crippen LogP) is 3.73. The number of ether oxygens (including phenoxy) is 5. The van der Waals surface area contributed by atoms with Gasteiger partial charge in [-0.05, 0) is 67.0 Å². The molecule has 2 saturated heterocycles. The van der Waals surface area contributed by atoms with Crippen molar-refractivity contribution in [2.45, 2.75) is 129 Å². The van der Waals surface area contributed by atoms with E-state index in [0.717, 1.165) is 5.71 Å². The van der Waals surface area contributed by atoms with Gasteiger partial charge in [-0.2, -0.15) is 10.1 Å². The van der Waals surface area contributed by atoms with Gasteiger partial charge in [0.1, 0.15) is 18.2 Å². The summed E-state index contributed by atoms with van der Waals surface area (Å²) in [6, 6.07) is -0.558. The number of cyclic esters (lactones) is 1. The van der Waals surface area contributed by atoms with Crippen molar-refractivity contribution in [2.75, 3.05) is 21.2 Å². The molecule has 238 valence electrons. The first kappa shape index (κ1) is 32.9. The number of hydrogen-bond donors (Lipinski definition) is 1. The molecule has 0 aromatic heterocycles. The highest BCUT2D eigenvalue weighted by Gasteiger charge is 2.62. The van der Waals surface area contributed by atoms with E-state index < -0.39 is 53.9 Å². The summed E-state index contributed by atoms with van der Waals surface area (Å²) < 4.78 is 31.0. The first-order valence-electron chi connectivity index (χ1n) is 15.3. The van der Waals surface area contributed by atoms with Crippen LogP contribution in [0.1, 0.15) is 74.7 Å². The number of methoxy groups -OCH3 is 1. The molecular formula is C31H51N3O8. The zero-order valence-electron chi connectivity index (χ0n) is 27.1. The molecule has 1 N–H and O–H groups in total. The van der Waals surface area contributed by atoms with E-state index in [2.05, 4.69) is 6.92 Å². The first-order valence-corrected chi connectivity index (χ1v) is 15.3. The van der Waals surface area contributed by atoms with Crippen LogP contribution in [-0.4, -0.2) is 108 Å². The quantitative estimate of drug-likeness (QED) is 0.476. The average molecular weight is 594 g/mol. The van der Waals surface area contributed by atoms with Crippen molar-refractivity contribution in [3.63, 3.8) is 0 Å². The molecule has 2 fully saturated rings. The molecule has 0 spiro atoms. The monoisotopic (exact) mass is 593 g/mol. The lowest BCUT2D eigenvalue weighted by Gasteiger charge is -2.46. The maximum Gasteiger partial charge on any atom is 0.431 e. The van der Waals surface area contributed by atoms with Crippen LogP contribution in [0.5, 0.6) is 0 Å². The maximum atomic E-state index is 13.5. The fourth-order valence-electron chi connectivity index (χ4n) is 7.67. The summed E-state index contributed by atoms with van der Waals surface area (Å²) in [5, 5.41) is 17.5. The SMILES string of the molecule is CC[C@@H]1OC(=O)/C(C)=C/[C@H](C)[C@@H](O[C@@H]2O[C@H](C)C[C@H](N(C)C)[C@H]2O)[C@](C)(OC)C[C@@H](C)C2=NN3C(=O)O[C@@]1(C)[C@H]3[C@H]2C. The highest BCUT2D eigenvalue weighted by Crippen LogP contribution is 2.46. The molecule has 4 aliphatic heterocycles. The number of rotatable bonds is 5. The number of nitrogens with zero attached hydrogens (tertiary/aromatic N) is 3. The minimum Gasteiger partial charge on any atom is -0.455 e. The fourth-order valence-corrected chi connectivity index (χ4v) is 7.67. The molecular weight excluding hydrogens is 542 g/mol. The third-order valence-corrected chi connectivity index (χ3v) is 9.92. The lowest BCUT2D eigenvalue weighted by molar-refractivity contribution is -0.294. The van der Waals surface area contributed by atoms with E-state index in [1.807, 2.05) is 66.6 Å². The van der Waals surface area contributed by atoms with Gasteiger partial charge in [-0.25, -0.2) is 9.59 Å². The number of amides is 1. The Balaban J connectivity index is 1.78. The van der Waals surface area contributed by atoms with E-state index in [1.54, 1.807) is 14.0 Å². The number of carbonyl (C=O) groups excluding carboxylic acids is 2. The second-order valence-corrected chi connectivity index (χ2v) is 13.4. The number of esters is 1. The standard InChI is InChI=1S/C31H51N3O8/c1-12-22-31(8)25-20(6)23(32-34(25)29(37)42-31)18(4)15-30(7,38-11)26(16(2)13-17(3)27(36)40-22)41-28-24(35)21(33(9)10)14-19(5)39-28/h13,16,18-22,24-26,28,35H,12,14-15H2,1-11H3/b17-13+/t16-,18+,19+,20-,21-,22-,24+,25+,26+,28-,30+,31+/m0/s1. The van der Waals surface area contributed by atoms with Crippen LogP contribution in [0, 0.1) is 17.8 Å². The van der Waals surface area contributed by atoms with Crippen molar-refractivity contribution < 1.29 is 38.4 Å². The number of hydrazone groups is 1. The zero-order valence-corrected chi connectivity index (χ0v) is 27.1. The third kappa shape index (κ3) is 5.75. The van der Waals surface area contributed by atoms with E-state index in [9.17, 15) is 14.7 Å². The molecule has 0 saturated carbocycles. The number of hydrogen-bond acceptors (Lipinski definition) is 10. The van der Waals surface area contributed by atoms with Crippen LogP contribution in [0.25, 0.3) is 0 Å². The fraction of sp³-hybridized carbons (Fsp3) is 0.839. The Labute approximate surface area is 250 Å². The molecule has 0 aliphatic carbocycles. The van der Waals surface area contributed by atoms with Gasteiger partial charge in [-0.15, -0.1) is 0 Å². The van der Waals surface area contributed by atoms with Gasteiger partial charge in [-0.1, -0.05) is 33.8 Å². The van der Waals surface area contributed by atoms with E-state index in [4.69, 9.17) is 28.8 Å².